The third-order valence-electron chi connectivity index (χ3n) is 3.74. The van der Waals surface area contributed by atoms with E-state index in [9.17, 15) is 0 Å². The van der Waals surface area contributed by atoms with Crippen molar-refractivity contribution in [3.63, 3.8) is 0 Å². The second kappa shape index (κ2) is 7.25. The molecule has 1 N–H and O–H groups in total. The van der Waals surface area contributed by atoms with Crippen molar-refractivity contribution < 1.29 is 5.11 Å². The Kier molecular flexibility index (Phi) is 6.32. The summed E-state index contributed by atoms with van der Waals surface area (Å²) in [6, 6.07) is 0.658. The molecule has 1 saturated heterocycles. The van der Waals surface area contributed by atoms with Gasteiger partial charge in [0.2, 0.25) is 0 Å². The van der Waals surface area contributed by atoms with Crippen molar-refractivity contribution in [1.82, 2.24) is 9.80 Å². The molecule has 3 heteroatoms. The number of unbranched alkanes of at least 4 members (excludes halogenated alkanes) is 1. The van der Waals surface area contributed by atoms with Crippen LogP contribution in [0.5, 0.6) is 0 Å². The molecule has 0 bridgehead atoms. The first kappa shape index (κ1) is 13.9. The predicted molar refractivity (Wildman–Crippen MR) is 68.6 cm³/mol. The van der Waals surface area contributed by atoms with E-state index < -0.39 is 0 Å². The van der Waals surface area contributed by atoms with E-state index in [1.54, 1.807) is 0 Å². The highest BCUT2D eigenvalue weighted by Crippen LogP contribution is 2.15. The molecule has 1 fully saturated rings. The molecular formula is C13H28N2O. The van der Waals surface area contributed by atoms with Gasteiger partial charge in [0, 0.05) is 19.2 Å². The number of likely N-dealkylation sites (tertiary alicyclic amines) is 1. The van der Waals surface area contributed by atoms with Crippen LogP contribution in [0.2, 0.25) is 0 Å². The SMILES string of the molecule is CC(C)N(C)CCCCN1CCC(CO)C1. The van der Waals surface area contributed by atoms with Crippen LogP contribution < -0.4 is 0 Å². The highest BCUT2D eigenvalue weighted by Gasteiger charge is 2.20. The summed E-state index contributed by atoms with van der Waals surface area (Å²) in [6.07, 6.45) is 3.76. The van der Waals surface area contributed by atoms with E-state index in [-0.39, 0.29) is 0 Å². The molecule has 96 valence electrons. The van der Waals surface area contributed by atoms with Gasteiger partial charge in [-0.05, 0) is 65.7 Å². The van der Waals surface area contributed by atoms with Crippen LogP contribution in [-0.2, 0) is 0 Å². The molecule has 0 aromatic rings. The summed E-state index contributed by atoms with van der Waals surface area (Å²) in [7, 11) is 2.20. The molecule has 0 aromatic heterocycles. The van der Waals surface area contributed by atoms with Crippen LogP contribution in [0.15, 0.2) is 0 Å². The molecule has 16 heavy (non-hydrogen) atoms. The second-order valence-electron chi connectivity index (χ2n) is 5.42. The zero-order valence-corrected chi connectivity index (χ0v) is 11.2. The molecular weight excluding hydrogens is 200 g/mol. The quantitative estimate of drug-likeness (QED) is 0.668. The molecule has 0 spiro atoms. The highest BCUT2D eigenvalue weighted by molar-refractivity contribution is 4.74. The number of aliphatic hydroxyl groups is 1. The Morgan fingerprint density at radius 1 is 1.38 bits per heavy atom. The molecule has 1 atom stereocenters. The fourth-order valence-electron chi connectivity index (χ4n) is 2.22. The summed E-state index contributed by atoms with van der Waals surface area (Å²) in [6.45, 7) is 9.56. The monoisotopic (exact) mass is 228 g/mol. The summed E-state index contributed by atoms with van der Waals surface area (Å²) in [4.78, 5) is 4.90. The number of aliphatic hydroxyl groups excluding tert-OH is 1. The van der Waals surface area contributed by atoms with E-state index in [0.717, 1.165) is 6.54 Å². The fraction of sp³-hybridized carbons (Fsp3) is 1.00. The van der Waals surface area contributed by atoms with Crippen LogP contribution >= 0.6 is 0 Å². The molecule has 1 unspecified atom stereocenters. The van der Waals surface area contributed by atoms with E-state index in [1.165, 1.54) is 38.9 Å². The second-order valence-corrected chi connectivity index (χ2v) is 5.42. The topological polar surface area (TPSA) is 26.7 Å². The van der Waals surface area contributed by atoms with Gasteiger partial charge in [-0.3, -0.25) is 0 Å². The van der Waals surface area contributed by atoms with Crippen molar-refractivity contribution >= 4 is 0 Å². The minimum Gasteiger partial charge on any atom is -0.396 e. The Balaban J connectivity index is 2.00. The van der Waals surface area contributed by atoms with Gasteiger partial charge in [-0.1, -0.05) is 0 Å². The smallest absolute Gasteiger partial charge is 0.0471 e. The first-order chi connectivity index (χ1) is 7.63. The number of hydrogen-bond acceptors (Lipinski definition) is 3. The number of nitrogens with zero attached hydrogens (tertiary/aromatic N) is 2. The molecule has 3 nitrogen and oxygen atoms in total. The Morgan fingerprint density at radius 2 is 2.12 bits per heavy atom. The Hall–Kier alpha value is -0.120. The average molecular weight is 228 g/mol. The van der Waals surface area contributed by atoms with E-state index in [4.69, 9.17) is 5.11 Å². The Morgan fingerprint density at radius 3 is 2.69 bits per heavy atom. The van der Waals surface area contributed by atoms with Gasteiger partial charge in [0.1, 0.15) is 0 Å². The molecule has 0 saturated carbocycles. The molecule has 1 aliphatic rings. The van der Waals surface area contributed by atoms with Crippen molar-refractivity contribution in [2.24, 2.45) is 5.92 Å². The summed E-state index contributed by atoms with van der Waals surface area (Å²) in [5, 5.41) is 9.06. The maximum atomic E-state index is 9.06. The Labute approximate surface area is 100 Å². The molecule has 1 aliphatic heterocycles. The minimum absolute atomic E-state index is 0.368. The number of rotatable bonds is 7. The minimum atomic E-state index is 0.368. The zero-order valence-electron chi connectivity index (χ0n) is 11.2. The summed E-state index contributed by atoms with van der Waals surface area (Å²) < 4.78 is 0. The summed E-state index contributed by atoms with van der Waals surface area (Å²) in [5.41, 5.74) is 0. The van der Waals surface area contributed by atoms with Crippen LogP contribution in [-0.4, -0.2) is 60.8 Å². The van der Waals surface area contributed by atoms with Crippen LogP contribution in [0.3, 0.4) is 0 Å². The Bertz CT molecular complexity index is 185. The molecule has 1 heterocycles. The normalized spacial score (nSPS) is 22.5. The molecule has 0 aromatic carbocycles. The van der Waals surface area contributed by atoms with E-state index in [2.05, 4.69) is 30.7 Å². The lowest BCUT2D eigenvalue weighted by atomic mass is 10.1. The lowest BCUT2D eigenvalue weighted by molar-refractivity contribution is 0.218. The third kappa shape index (κ3) is 4.81. The molecule has 0 aliphatic carbocycles. The lowest BCUT2D eigenvalue weighted by Gasteiger charge is -2.21. The fourth-order valence-corrected chi connectivity index (χ4v) is 2.22. The molecule has 0 radical (unpaired) electrons. The van der Waals surface area contributed by atoms with Crippen molar-refractivity contribution in [2.75, 3.05) is 39.8 Å². The van der Waals surface area contributed by atoms with Gasteiger partial charge in [0.25, 0.3) is 0 Å². The van der Waals surface area contributed by atoms with Crippen molar-refractivity contribution in [3.05, 3.63) is 0 Å². The lowest BCUT2D eigenvalue weighted by Crippen LogP contribution is -2.28. The van der Waals surface area contributed by atoms with E-state index >= 15 is 0 Å². The van der Waals surface area contributed by atoms with Gasteiger partial charge < -0.3 is 14.9 Å². The standard InChI is InChI=1S/C13H28N2O/c1-12(2)14(3)7-4-5-8-15-9-6-13(10-15)11-16/h12-13,16H,4-11H2,1-3H3. The molecule has 1 rings (SSSR count). The van der Waals surface area contributed by atoms with Gasteiger partial charge in [-0.15, -0.1) is 0 Å². The van der Waals surface area contributed by atoms with Crippen molar-refractivity contribution in [2.45, 2.75) is 39.2 Å². The first-order valence-electron chi connectivity index (χ1n) is 6.67. The van der Waals surface area contributed by atoms with Gasteiger partial charge >= 0.3 is 0 Å². The van der Waals surface area contributed by atoms with Crippen LogP contribution in [0.1, 0.15) is 33.1 Å². The summed E-state index contributed by atoms with van der Waals surface area (Å²) >= 11 is 0. The van der Waals surface area contributed by atoms with E-state index in [0.29, 0.717) is 18.6 Å². The van der Waals surface area contributed by atoms with Gasteiger partial charge in [-0.25, -0.2) is 0 Å². The van der Waals surface area contributed by atoms with Crippen molar-refractivity contribution in [3.8, 4) is 0 Å². The van der Waals surface area contributed by atoms with Gasteiger partial charge in [0.15, 0.2) is 0 Å². The third-order valence-corrected chi connectivity index (χ3v) is 3.74. The molecule has 0 amide bonds. The first-order valence-corrected chi connectivity index (χ1v) is 6.67. The van der Waals surface area contributed by atoms with Gasteiger partial charge in [0.05, 0.1) is 0 Å². The average Bonchev–Trinajstić information content (AvgIpc) is 2.71. The van der Waals surface area contributed by atoms with Crippen LogP contribution in [0.25, 0.3) is 0 Å². The van der Waals surface area contributed by atoms with Crippen LogP contribution in [0.4, 0.5) is 0 Å². The maximum absolute atomic E-state index is 9.06. The summed E-state index contributed by atoms with van der Waals surface area (Å²) in [5.74, 6) is 0.540. The van der Waals surface area contributed by atoms with Gasteiger partial charge in [-0.2, -0.15) is 0 Å². The zero-order chi connectivity index (χ0) is 12.0. The van der Waals surface area contributed by atoms with Crippen LogP contribution in [0, 0.1) is 5.92 Å². The van der Waals surface area contributed by atoms with E-state index in [1.807, 2.05) is 0 Å². The number of hydrogen-bond donors (Lipinski definition) is 1. The highest BCUT2D eigenvalue weighted by atomic mass is 16.3. The maximum Gasteiger partial charge on any atom is 0.0471 e. The van der Waals surface area contributed by atoms with Crippen molar-refractivity contribution in [1.29, 1.82) is 0 Å². The predicted octanol–water partition coefficient (Wildman–Crippen LogP) is 1.42. The largest absolute Gasteiger partial charge is 0.396 e.